The Morgan fingerprint density at radius 1 is 1.21 bits per heavy atom. The number of benzene rings is 1. The van der Waals surface area contributed by atoms with Gasteiger partial charge in [-0.2, -0.15) is 0 Å². The number of hydrogen-bond acceptors (Lipinski definition) is 4. The number of carbonyl (C=O) groups is 1. The predicted octanol–water partition coefficient (Wildman–Crippen LogP) is 3.14. The van der Waals surface area contributed by atoms with Crippen molar-refractivity contribution in [3.05, 3.63) is 71.1 Å². The van der Waals surface area contributed by atoms with Crippen molar-refractivity contribution in [3.8, 4) is 0 Å². The molecule has 1 unspecified atom stereocenters. The van der Waals surface area contributed by atoms with Crippen molar-refractivity contribution >= 4 is 28.4 Å². The summed E-state index contributed by atoms with van der Waals surface area (Å²) in [5.74, 6) is -0.266. The second kappa shape index (κ2) is 7.38. The number of aromatic nitrogens is 2. The third kappa shape index (κ3) is 3.53. The highest BCUT2D eigenvalue weighted by atomic mass is 35.5. The van der Waals surface area contributed by atoms with Gasteiger partial charge in [-0.3, -0.25) is 14.8 Å². The number of aliphatic hydroxyl groups is 1. The molecule has 0 radical (unpaired) electrons. The molecule has 5 nitrogen and oxygen atoms in total. The Morgan fingerprint density at radius 3 is 2.88 bits per heavy atom. The van der Waals surface area contributed by atoms with Crippen molar-refractivity contribution in [2.24, 2.45) is 0 Å². The van der Waals surface area contributed by atoms with E-state index in [0.717, 1.165) is 5.39 Å². The maximum Gasteiger partial charge on any atom is 0.255 e. The van der Waals surface area contributed by atoms with E-state index in [0.29, 0.717) is 34.6 Å². The van der Waals surface area contributed by atoms with E-state index in [4.69, 9.17) is 11.6 Å². The minimum atomic E-state index is -0.734. The first-order chi connectivity index (χ1) is 11.7. The summed E-state index contributed by atoms with van der Waals surface area (Å²) in [6.45, 7) is 0.314. The number of amides is 1. The van der Waals surface area contributed by atoms with Gasteiger partial charge in [0.15, 0.2) is 0 Å². The van der Waals surface area contributed by atoms with Gasteiger partial charge in [0.25, 0.3) is 5.91 Å². The molecule has 2 N–H and O–H groups in total. The van der Waals surface area contributed by atoms with E-state index in [-0.39, 0.29) is 5.91 Å². The molecule has 0 aliphatic heterocycles. The van der Waals surface area contributed by atoms with Crippen molar-refractivity contribution < 1.29 is 9.90 Å². The Kier molecular flexibility index (Phi) is 5.03. The van der Waals surface area contributed by atoms with E-state index in [9.17, 15) is 9.90 Å². The molecule has 0 saturated carbocycles. The van der Waals surface area contributed by atoms with Crippen LogP contribution in [0.25, 0.3) is 10.9 Å². The van der Waals surface area contributed by atoms with Crippen LogP contribution >= 0.6 is 11.6 Å². The molecule has 2 aromatic heterocycles. The zero-order chi connectivity index (χ0) is 16.9. The van der Waals surface area contributed by atoms with Crippen LogP contribution in [0.4, 0.5) is 0 Å². The molecule has 3 rings (SSSR count). The van der Waals surface area contributed by atoms with E-state index >= 15 is 0 Å². The SMILES string of the molecule is O=C(NCCC(O)c1ccccc1Cl)c1cncc2cccnc12. The third-order valence-corrected chi connectivity index (χ3v) is 4.07. The molecule has 1 atom stereocenters. The molecule has 1 amide bonds. The molecule has 0 bridgehead atoms. The zero-order valence-corrected chi connectivity index (χ0v) is 13.6. The maximum absolute atomic E-state index is 12.3. The van der Waals surface area contributed by atoms with Gasteiger partial charge in [0.1, 0.15) is 0 Å². The highest BCUT2D eigenvalue weighted by molar-refractivity contribution is 6.31. The average molecular weight is 342 g/mol. The monoisotopic (exact) mass is 341 g/mol. The normalized spacial score (nSPS) is 12.1. The first-order valence-corrected chi connectivity index (χ1v) is 7.94. The van der Waals surface area contributed by atoms with Crippen molar-refractivity contribution in [2.45, 2.75) is 12.5 Å². The van der Waals surface area contributed by atoms with E-state index < -0.39 is 6.10 Å². The Bertz CT molecular complexity index is 864. The standard InChI is InChI=1S/C18H16ClN3O2/c19-15-6-2-1-5-13(15)16(23)7-9-22-18(24)14-11-20-10-12-4-3-8-21-17(12)14/h1-6,8,10-11,16,23H,7,9H2,(H,22,24). The predicted molar refractivity (Wildman–Crippen MR) is 92.9 cm³/mol. The van der Waals surface area contributed by atoms with Crippen molar-refractivity contribution in [1.82, 2.24) is 15.3 Å². The average Bonchev–Trinajstić information content (AvgIpc) is 2.61. The first-order valence-electron chi connectivity index (χ1n) is 7.56. The summed E-state index contributed by atoms with van der Waals surface area (Å²) in [5, 5.41) is 14.3. The summed E-state index contributed by atoms with van der Waals surface area (Å²) in [5.41, 5.74) is 1.68. The smallest absolute Gasteiger partial charge is 0.255 e. The van der Waals surface area contributed by atoms with Gasteiger partial charge in [0, 0.05) is 35.5 Å². The molecule has 0 aliphatic rings. The number of nitrogens with zero attached hydrogens (tertiary/aromatic N) is 2. The molecule has 2 heterocycles. The lowest BCUT2D eigenvalue weighted by molar-refractivity contribution is 0.0944. The number of carbonyl (C=O) groups excluding carboxylic acids is 1. The minimum absolute atomic E-state index is 0.266. The number of fused-ring (bicyclic) bond motifs is 1. The van der Waals surface area contributed by atoms with Crippen LogP contribution in [0.1, 0.15) is 28.4 Å². The summed E-state index contributed by atoms with van der Waals surface area (Å²) < 4.78 is 0. The number of halogens is 1. The summed E-state index contributed by atoms with van der Waals surface area (Å²) >= 11 is 6.06. The highest BCUT2D eigenvalue weighted by Crippen LogP contribution is 2.24. The Balaban J connectivity index is 1.64. The number of aliphatic hydroxyl groups excluding tert-OH is 1. The van der Waals surface area contributed by atoms with Gasteiger partial charge in [-0.15, -0.1) is 0 Å². The summed E-state index contributed by atoms with van der Waals surface area (Å²) in [6.07, 6.45) is 4.43. The fraction of sp³-hybridized carbons (Fsp3) is 0.167. The van der Waals surface area contributed by atoms with Gasteiger partial charge in [-0.05, 0) is 30.2 Å². The van der Waals surface area contributed by atoms with Crippen molar-refractivity contribution in [2.75, 3.05) is 6.54 Å². The Hall–Kier alpha value is -2.50. The van der Waals surface area contributed by atoms with Crippen LogP contribution in [0.2, 0.25) is 5.02 Å². The molecular weight excluding hydrogens is 326 g/mol. The highest BCUT2D eigenvalue weighted by Gasteiger charge is 2.14. The lowest BCUT2D eigenvalue weighted by Gasteiger charge is -2.13. The zero-order valence-electron chi connectivity index (χ0n) is 12.8. The second-order valence-corrected chi connectivity index (χ2v) is 5.75. The van der Waals surface area contributed by atoms with Crippen LogP contribution in [0.15, 0.2) is 55.0 Å². The number of pyridine rings is 2. The molecule has 0 saturated heterocycles. The van der Waals surface area contributed by atoms with Gasteiger partial charge in [0.2, 0.25) is 0 Å². The van der Waals surface area contributed by atoms with Crippen molar-refractivity contribution in [3.63, 3.8) is 0 Å². The molecular formula is C18H16ClN3O2. The molecule has 3 aromatic rings. The summed E-state index contributed by atoms with van der Waals surface area (Å²) in [6, 6.07) is 10.8. The molecule has 1 aromatic carbocycles. The van der Waals surface area contributed by atoms with Crippen LogP contribution < -0.4 is 5.32 Å². The van der Waals surface area contributed by atoms with E-state index in [2.05, 4.69) is 15.3 Å². The lowest BCUT2D eigenvalue weighted by Crippen LogP contribution is -2.26. The molecule has 0 aliphatic carbocycles. The number of rotatable bonds is 5. The quantitative estimate of drug-likeness (QED) is 0.747. The number of nitrogens with one attached hydrogen (secondary N) is 1. The molecule has 6 heteroatoms. The first kappa shape index (κ1) is 16.4. The van der Waals surface area contributed by atoms with Gasteiger partial charge in [-0.25, -0.2) is 0 Å². The van der Waals surface area contributed by atoms with Gasteiger partial charge < -0.3 is 10.4 Å². The largest absolute Gasteiger partial charge is 0.388 e. The molecule has 24 heavy (non-hydrogen) atoms. The van der Waals surface area contributed by atoms with E-state index in [1.807, 2.05) is 12.1 Å². The Labute approximate surface area is 144 Å². The second-order valence-electron chi connectivity index (χ2n) is 5.34. The van der Waals surface area contributed by atoms with Crippen LogP contribution in [-0.4, -0.2) is 27.5 Å². The number of hydrogen-bond donors (Lipinski definition) is 2. The molecule has 0 fully saturated rings. The molecule has 122 valence electrons. The summed E-state index contributed by atoms with van der Waals surface area (Å²) in [7, 11) is 0. The van der Waals surface area contributed by atoms with Crippen molar-refractivity contribution in [1.29, 1.82) is 0 Å². The van der Waals surface area contributed by atoms with E-state index in [1.54, 1.807) is 36.7 Å². The van der Waals surface area contributed by atoms with Gasteiger partial charge >= 0.3 is 0 Å². The van der Waals surface area contributed by atoms with Crippen LogP contribution in [0.5, 0.6) is 0 Å². The fourth-order valence-corrected chi connectivity index (χ4v) is 2.75. The fourth-order valence-electron chi connectivity index (χ4n) is 2.48. The molecule has 0 spiro atoms. The van der Waals surface area contributed by atoms with Crippen LogP contribution in [0, 0.1) is 0 Å². The maximum atomic E-state index is 12.3. The summed E-state index contributed by atoms with van der Waals surface area (Å²) in [4.78, 5) is 20.7. The third-order valence-electron chi connectivity index (χ3n) is 3.72. The lowest BCUT2D eigenvalue weighted by atomic mass is 10.1. The minimum Gasteiger partial charge on any atom is -0.388 e. The van der Waals surface area contributed by atoms with Gasteiger partial charge in [-0.1, -0.05) is 29.8 Å². The van der Waals surface area contributed by atoms with Gasteiger partial charge in [0.05, 0.1) is 17.2 Å². The van der Waals surface area contributed by atoms with Crippen LogP contribution in [0.3, 0.4) is 0 Å². The Morgan fingerprint density at radius 2 is 2.04 bits per heavy atom. The van der Waals surface area contributed by atoms with Crippen LogP contribution in [-0.2, 0) is 0 Å². The topological polar surface area (TPSA) is 75.1 Å². The van der Waals surface area contributed by atoms with E-state index in [1.165, 1.54) is 6.20 Å².